The van der Waals surface area contributed by atoms with Gasteiger partial charge < -0.3 is 19.9 Å². The van der Waals surface area contributed by atoms with Gasteiger partial charge in [0.15, 0.2) is 0 Å². The summed E-state index contributed by atoms with van der Waals surface area (Å²) in [6.45, 7) is 2.38. The van der Waals surface area contributed by atoms with Crippen LogP contribution in [-0.2, 0) is 6.54 Å². The van der Waals surface area contributed by atoms with Crippen molar-refractivity contribution in [2.75, 3.05) is 29.9 Å². The second-order valence-corrected chi connectivity index (χ2v) is 7.01. The molecule has 4 rings (SSSR count). The first-order valence-electron chi connectivity index (χ1n) is 9.41. The third-order valence-electron chi connectivity index (χ3n) is 5.02. The van der Waals surface area contributed by atoms with E-state index in [-0.39, 0.29) is 18.3 Å². The van der Waals surface area contributed by atoms with Crippen LogP contribution in [0.5, 0.6) is 0 Å². The van der Waals surface area contributed by atoms with Crippen molar-refractivity contribution in [3.05, 3.63) is 60.7 Å². The third-order valence-corrected chi connectivity index (χ3v) is 5.02. The molecule has 0 aliphatic carbocycles. The monoisotopic (exact) mass is 382 g/mol. The fourth-order valence-corrected chi connectivity index (χ4v) is 3.50. The molecule has 1 aromatic carbocycles. The minimum absolute atomic E-state index is 0.202. The van der Waals surface area contributed by atoms with E-state index in [0.29, 0.717) is 18.1 Å². The van der Waals surface area contributed by atoms with Gasteiger partial charge in [-0.3, -0.25) is 0 Å². The molecule has 1 aliphatic rings. The van der Waals surface area contributed by atoms with Gasteiger partial charge in [0.1, 0.15) is 23.8 Å². The summed E-state index contributed by atoms with van der Waals surface area (Å²) in [6, 6.07) is 7.03. The maximum atomic E-state index is 14.4. The largest absolute Gasteiger partial charge is 0.396 e. The van der Waals surface area contributed by atoms with Gasteiger partial charge in [-0.25, -0.2) is 19.3 Å². The van der Waals surface area contributed by atoms with Gasteiger partial charge in [-0.2, -0.15) is 0 Å². The minimum Gasteiger partial charge on any atom is -0.396 e. The van der Waals surface area contributed by atoms with Crippen molar-refractivity contribution in [1.29, 1.82) is 0 Å². The molecule has 0 bridgehead atoms. The Morgan fingerprint density at radius 3 is 2.96 bits per heavy atom. The van der Waals surface area contributed by atoms with Gasteiger partial charge in [-0.05, 0) is 36.5 Å². The van der Waals surface area contributed by atoms with Gasteiger partial charge >= 0.3 is 0 Å². The zero-order valence-corrected chi connectivity index (χ0v) is 15.5. The number of aromatic nitrogens is 4. The first kappa shape index (κ1) is 18.4. The Labute approximate surface area is 162 Å². The van der Waals surface area contributed by atoms with E-state index < -0.39 is 0 Å². The molecule has 1 fully saturated rings. The summed E-state index contributed by atoms with van der Waals surface area (Å²) in [5.74, 6) is 1.52. The summed E-state index contributed by atoms with van der Waals surface area (Å²) in [7, 11) is 0. The number of aliphatic hydroxyl groups excluding tert-OH is 1. The number of rotatable bonds is 6. The number of piperidine rings is 1. The molecule has 8 heteroatoms. The lowest BCUT2D eigenvalue weighted by Crippen LogP contribution is -2.37. The Bertz CT molecular complexity index is 917. The molecule has 1 atom stereocenters. The molecule has 28 heavy (non-hydrogen) atoms. The Kier molecular flexibility index (Phi) is 5.48. The van der Waals surface area contributed by atoms with Crippen LogP contribution in [0.4, 0.5) is 16.0 Å². The molecule has 3 heterocycles. The summed E-state index contributed by atoms with van der Waals surface area (Å²) >= 11 is 0. The zero-order chi connectivity index (χ0) is 19.3. The van der Waals surface area contributed by atoms with Crippen LogP contribution in [0.3, 0.4) is 0 Å². The maximum Gasteiger partial charge on any atom is 0.147 e. The van der Waals surface area contributed by atoms with Gasteiger partial charge in [0.2, 0.25) is 0 Å². The fraction of sp³-hybridized carbons (Fsp3) is 0.350. The highest BCUT2D eigenvalue weighted by Gasteiger charge is 2.20. The standard InChI is InChI=1S/C20H23FN6O/c21-17-8-15(3-4-18(17)27-7-5-22-14-27)10-23-19-9-20(25-13-24-19)26-6-1-2-16(11-26)12-28/h3-5,7-9,13-14,16,28H,1-2,6,10-12H2,(H,23,24,25)/t16-/m0/s1. The Morgan fingerprint density at radius 2 is 2.18 bits per heavy atom. The fourth-order valence-electron chi connectivity index (χ4n) is 3.50. The number of hydrogen-bond acceptors (Lipinski definition) is 6. The summed E-state index contributed by atoms with van der Waals surface area (Å²) in [4.78, 5) is 14.8. The van der Waals surface area contributed by atoms with E-state index in [4.69, 9.17) is 0 Å². The smallest absolute Gasteiger partial charge is 0.147 e. The van der Waals surface area contributed by atoms with Crippen LogP contribution in [0.15, 0.2) is 49.3 Å². The summed E-state index contributed by atoms with van der Waals surface area (Å²) in [6.07, 6.45) is 8.52. The van der Waals surface area contributed by atoms with Crippen molar-refractivity contribution in [1.82, 2.24) is 19.5 Å². The van der Waals surface area contributed by atoms with Crippen LogP contribution >= 0.6 is 0 Å². The van der Waals surface area contributed by atoms with Crippen molar-refractivity contribution in [3.8, 4) is 5.69 Å². The summed E-state index contributed by atoms with van der Waals surface area (Å²) in [5.41, 5.74) is 1.29. The molecule has 2 aromatic heterocycles. The highest BCUT2D eigenvalue weighted by Crippen LogP contribution is 2.23. The van der Waals surface area contributed by atoms with Crippen LogP contribution in [-0.4, -0.2) is 44.3 Å². The topological polar surface area (TPSA) is 79.1 Å². The lowest BCUT2D eigenvalue weighted by molar-refractivity contribution is 0.208. The van der Waals surface area contributed by atoms with E-state index in [2.05, 4.69) is 25.2 Å². The molecule has 0 unspecified atom stereocenters. The second kappa shape index (κ2) is 8.35. The summed E-state index contributed by atoms with van der Waals surface area (Å²) in [5, 5.41) is 12.6. The van der Waals surface area contributed by atoms with E-state index in [1.807, 2.05) is 12.1 Å². The van der Waals surface area contributed by atoms with Crippen LogP contribution in [0.25, 0.3) is 5.69 Å². The quantitative estimate of drug-likeness (QED) is 0.682. The number of nitrogens with one attached hydrogen (secondary N) is 1. The Hall–Kier alpha value is -3.00. The predicted molar refractivity (Wildman–Crippen MR) is 105 cm³/mol. The number of aliphatic hydroxyl groups is 1. The van der Waals surface area contributed by atoms with Crippen molar-refractivity contribution in [2.24, 2.45) is 5.92 Å². The average molecular weight is 382 g/mol. The molecular formula is C20H23FN6O. The molecule has 1 aliphatic heterocycles. The van der Waals surface area contributed by atoms with Gasteiger partial charge in [0.05, 0.1) is 12.0 Å². The molecule has 146 valence electrons. The number of hydrogen-bond donors (Lipinski definition) is 2. The number of nitrogens with zero attached hydrogens (tertiary/aromatic N) is 5. The van der Waals surface area contributed by atoms with Crippen LogP contribution in [0.1, 0.15) is 18.4 Å². The summed E-state index contributed by atoms with van der Waals surface area (Å²) < 4.78 is 16.0. The lowest BCUT2D eigenvalue weighted by Gasteiger charge is -2.32. The van der Waals surface area contributed by atoms with Gasteiger partial charge in [0.25, 0.3) is 0 Å². The molecule has 1 saturated heterocycles. The third kappa shape index (κ3) is 4.12. The maximum absolute atomic E-state index is 14.4. The zero-order valence-electron chi connectivity index (χ0n) is 15.5. The van der Waals surface area contributed by atoms with Crippen molar-refractivity contribution in [2.45, 2.75) is 19.4 Å². The normalized spacial score (nSPS) is 16.9. The average Bonchev–Trinajstić information content (AvgIpc) is 3.27. The van der Waals surface area contributed by atoms with E-state index in [9.17, 15) is 9.50 Å². The minimum atomic E-state index is -0.302. The molecule has 0 radical (unpaired) electrons. The Balaban J connectivity index is 1.42. The molecule has 2 N–H and O–H groups in total. The number of anilines is 2. The highest BCUT2D eigenvalue weighted by molar-refractivity contribution is 5.49. The molecule has 3 aromatic rings. The molecule has 0 saturated carbocycles. The van der Waals surface area contributed by atoms with E-state index in [1.165, 1.54) is 12.4 Å². The highest BCUT2D eigenvalue weighted by atomic mass is 19.1. The van der Waals surface area contributed by atoms with Crippen molar-refractivity contribution in [3.63, 3.8) is 0 Å². The van der Waals surface area contributed by atoms with E-state index in [0.717, 1.165) is 37.3 Å². The number of imidazole rings is 1. The van der Waals surface area contributed by atoms with E-state index >= 15 is 0 Å². The predicted octanol–water partition coefficient (Wildman–Crippen LogP) is 2.62. The number of benzene rings is 1. The van der Waals surface area contributed by atoms with Gasteiger partial charge in [-0.15, -0.1) is 0 Å². The van der Waals surface area contributed by atoms with Gasteiger partial charge in [-0.1, -0.05) is 6.07 Å². The molecule has 0 spiro atoms. The van der Waals surface area contributed by atoms with Crippen LogP contribution in [0.2, 0.25) is 0 Å². The van der Waals surface area contributed by atoms with Crippen LogP contribution < -0.4 is 10.2 Å². The molecular weight excluding hydrogens is 359 g/mol. The molecule has 0 amide bonds. The van der Waals surface area contributed by atoms with E-state index in [1.54, 1.807) is 29.4 Å². The van der Waals surface area contributed by atoms with Crippen molar-refractivity contribution < 1.29 is 9.50 Å². The lowest BCUT2D eigenvalue weighted by atomic mass is 9.99. The van der Waals surface area contributed by atoms with Gasteiger partial charge in [0, 0.05) is 44.7 Å². The van der Waals surface area contributed by atoms with Crippen LogP contribution in [0, 0.1) is 11.7 Å². The first-order valence-corrected chi connectivity index (χ1v) is 9.41. The van der Waals surface area contributed by atoms with Crippen molar-refractivity contribution >= 4 is 11.6 Å². The number of halogens is 1. The first-order chi connectivity index (χ1) is 13.7. The molecule has 7 nitrogen and oxygen atoms in total. The SMILES string of the molecule is OC[C@H]1CCCN(c2cc(NCc3ccc(-n4ccnc4)c(F)c3)ncn2)C1. The second-order valence-electron chi connectivity index (χ2n) is 7.01. The Morgan fingerprint density at radius 1 is 1.25 bits per heavy atom.